The molecule has 0 unspecified atom stereocenters. The number of carbonyl (C=O) groups is 1. The molecule has 0 saturated heterocycles. The number of hydrogen-bond donors (Lipinski definition) is 2. The van der Waals surface area contributed by atoms with E-state index in [2.05, 4.69) is 26.8 Å². The molecule has 0 saturated carbocycles. The number of pyridine rings is 1. The van der Waals surface area contributed by atoms with E-state index < -0.39 is 0 Å². The van der Waals surface area contributed by atoms with Crippen molar-refractivity contribution in [2.24, 2.45) is 0 Å². The fourth-order valence-corrected chi connectivity index (χ4v) is 4.66. The quantitative estimate of drug-likeness (QED) is 0.219. The van der Waals surface area contributed by atoms with Crippen molar-refractivity contribution >= 4 is 45.5 Å². The average Bonchev–Trinajstić information content (AvgIpc) is 3.22. The maximum absolute atomic E-state index is 12.6. The van der Waals surface area contributed by atoms with Gasteiger partial charge < -0.3 is 24.8 Å². The molecule has 208 valence electrons. The molecular formula is C30H33ClN6O3. The van der Waals surface area contributed by atoms with Crippen molar-refractivity contribution < 1.29 is 14.1 Å². The van der Waals surface area contributed by atoms with Gasteiger partial charge in [-0.15, -0.1) is 0 Å². The fraction of sp³-hybridized carbons (Fsp3) is 0.333. The molecule has 10 heteroatoms. The van der Waals surface area contributed by atoms with Gasteiger partial charge in [0.1, 0.15) is 17.6 Å². The molecule has 0 spiro atoms. The van der Waals surface area contributed by atoms with Crippen molar-refractivity contribution in [2.75, 3.05) is 37.9 Å². The van der Waals surface area contributed by atoms with Crippen molar-refractivity contribution in [1.82, 2.24) is 15.0 Å². The number of fused-ring (bicyclic) bond motifs is 1. The molecule has 4 aromatic rings. The maximum Gasteiger partial charge on any atom is 0.224 e. The highest BCUT2D eigenvalue weighted by Crippen LogP contribution is 2.35. The molecule has 0 atom stereocenters. The molecule has 9 nitrogen and oxygen atoms in total. The molecule has 1 amide bonds. The van der Waals surface area contributed by atoms with Crippen molar-refractivity contribution in [2.45, 2.75) is 40.0 Å². The predicted molar refractivity (Wildman–Crippen MR) is 158 cm³/mol. The van der Waals surface area contributed by atoms with E-state index in [-0.39, 0.29) is 5.91 Å². The van der Waals surface area contributed by atoms with Gasteiger partial charge in [0, 0.05) is 41.4 Å². The average molecular weight is 561 g/mol. The lowest BCUT2D eigenvalue weighted by atomic mass is 10.0. The van der Waals surface area contributed by atoms with E-state index in [4.69, 9.17) is 20.9 Å². The summed E-state index contributed by atoms with van der Waals surface area (Å²) in [5.74, 6) is 1.28. The number of nitriles is 1. The number of nitrogens with one attached hydrogen (secondary N) is 2. The number of ether oxygens (including phenoxy) is 1. The molecule has 4 rings (SSSR count). The Morgan fingerprint density at radius 1 is 1.20 bits per heavy atom. The zero-order chi connectivity index (χ0) is 28.8. The number of anilines is 3. The van der Waals surface area contributed by atoms with Gasteiger partial charge in [-0.25, -0.2) is 0 Å². The summed E-state index contributed by atoms with van der Waals surface area (Å²) in [6.07, 6.45) is 3.37. The Morgan fingerprint density at radius 3 is 2.67 bits per heavy atom. The van der Waals surface area contributed by atoms with Gasteiger partial charge in [-0.1, -0.05) is 16.8 Å². The van der Waals surface area contributed by atoms with E-state index in [1.54, 1.807) is 12.1 Å². The predicted octanol–water partition coefficient (Wildman–Crippen LogP) is 6.32. The van der Waals surface area contributed by atoms with E-state index in [0.29, 0.717) is 63.7 Å². The summed E-state index contributed by atoms with van der Waals surface area (Å²) in [6, 6.07) is 11.4. The summed E-state index contributed by atoms with van der Waals surface area (Å²) < 4.78 is 11.1. The number of benzene rings is 2. The Balaban J connectivity index is 1.54. The number of nitrogens with zero attached hydrogens (tertiary/aromatic N) is 4. The first-order chi connectivity index (χ1) is 19.2. The van der Waals surface area contributed by atoms with Crippen molar-refractivity contribution in [3.8, 4) is 11.8 Å². The number of carbonyl (C=O) groups excluding carboxylic acids is 1. The summed E-state index contributed by atoms with van der Waals surface area (Å²) >= 11 is 6.55. The summed E-state index contributed by atoms with van der Waals surface area (Å²) in [5.41, 5.74) is 5.79. The summed E-state index contributed by atoms with van der Waals surface area (Å²) in [7, 11) is 3.96. The Bertz CT molecular complexity index is 1550. The summed E-state index contributed by atoms with van der Waals surface area (Å²) in [4.78, 5) is 19.1. The Labute approximate surface area is 239 Å². The van der Waals surface area contributed by atoms with Crippen LogP contribution in [0.1, 0.15) is 41.0 Å². The molecule has 40 heavy (non-hydrogen) atoms. The molecule has 0 aliphatic carbocycles. The first-order valence-electron chi connectivity index (χ1n) is 13.1. The van der Waals surface area contributed by atoms with Gasteiger partial charge in [0.15, 0.2) is 0 Å². The van der Waals surface area contributed by atoms with Crippen LogP contribution in [0.3, 0.4) is 0 Å². The zero-order valence-electron chi connectivity index (χ0n) is 23.4. The van der Waals surface area contributed by atoms with Crippen molar-refractivity contribution in [3.63, 3.8) is 0 Å². The molecule has 0 aliphatic rings. The highest BCUT2D eigenvalue weighted by molar-refractivity contribution is 6.32. The van der Waals surface area contributed by atoms with E-state index >= 15 is 0 Å². The van der Waals surface area contributed by atoms with Gasteiger partial charge in [-0.3, -0.25) is 9.78 Å². The summed E-state index contributed by atoms with van der Waals surface area (Å²) in [6.45, 7) is 6.97. The van der Waals surface area contributed by atoms with Crippen LogP contribution in [-0.2, 0) is 11.2 Å². The molecule has 2 N–H and O–H groups in total. The number of halogens is 1. The van der Waals surface area contributed by atoms with Gasteiger partial charge in [-0.05, 0) is 83.7 Å². The maximum atomic E-state index is 12.6. The first-order valence-corrected chi connectivity index (χ1v) is 13.4. The highest BCUT2D eigenvalue weighted by atomic mass is 35.5. The van der Waals surface area contributed by atoms with Gasteiger partial charge in [0.05, 0.1) is 34.1 Å². The fourth-order valence-electron chi connectivity index (χ4n) is 4.43. The van der Waals surface area contributed by atoms with E-state index in [1.165, 1.54) is 6.20 Å². The lowest BCUT2D eigenvalue weighted by Gasteiger charge is -2.16. The Morgan fingerprint density at radius 2 is 2.00 bits per heavy atom. The van der Waals surface area contributed by atoms with Crippen LogP contribution in [0.15, 0.2) is 41.1 Å². The van der Waals surface area contributed by atoms with Crippen LogP contribution in [0.4, 0.5) is 17.1 Å². The minimum Gasteiger partial charge on any atom is -0.492 e. The second-order valence-electron chi connectivity index (χ2n) is 9.97. The van der Waals surface area contributed by atoms with Gasteiger partial charge in [-0.2, -0.15) is 5.26 Å². The molecule has 0 bridgehead atoms. The van der Waals surface area contributed by atoms with E-state index in [1.807, 2.05) is 58.0 Å². The second-order valence-corrected chi connectivity index (χ2v) is 10.4. The van der Waals surface area contributed by atoms with Gasteiger partial charge >= 0.3 is 0 Å². The zero-order valence-corrected chi connectivity index (χ0v) is 24.1. The highest BCUT2D eigenvalue weighted by Gasteiger charge is 2.15. The normalized spacial score (nSPS) is 11.1. The Hall–Kier alpha value is -4.13. The molecule has 0 aliphatic heterocycles. The third-order valence-corrected chi connectivity index (χ3v) is 6.91. The van der Waals surface area contributed by atoms with E-state index in [9.17, 15) is 10.1 Å². The van der Waals surface area contributed by atoms with Crippen LogP contribution in [0.25, 0.3) is 10.9 Å². The van der Waals surface area contributed by atoms with Crippen LogP contribution in [0, 0.1) is 32.1 Å². The van der Waals surface area contributed by atoms with Gasteiger partial charge in [0.25, 0.3) is 0 Å². The molecular weight excluding hydrogens is 528 g/mol. The standard InChI is InChI=1S/C30H33ClN6O3/c1-18-13-27-24(15-26(18)35-29(38)7-6-11-37(4)5)30(21(16-32)17-33-27)34-22-8-9-28(25(31)14-22)39-12-10-23-19(2)36-40-20(23)3/h8-9,13-15,17H,6-7,10-12H2,1-5H3,(H,33,34)(H,35,38). The first kappa shape index (κ1) is 28.9. The molecule has 0 fully saturated rings. The van der Waals surface area contributed by atoms with Crippen LogP contribution < -0.4 is 15.4 Å². The minimum atomic E-state index is -0.0556. The van der Waals surface area contributed by atoms with Crippen LogP contribution in [0.5, 0.6) is 5.75 Å². The lowest BCUT2D eigenvalue weighted by molar-refractivity contribution is -0.116. The van der Waals surface area contributed by atoms with Crippen molar-refractivity contribution in [3.05, 3.63) is 69.7 Å². The summed E-state index contributed by atoms with van der Waals surface area (Å²) in [5, 5.41) is 21.3. The number of amides is 1. The minimum absolute atomic E-state index is 0.0556. The van der Waals surface area contributed by atoms with Crippen LogP contribution in [0.2, 0.25) is 5.02 Å². The smallest absolute Gasteiger partial charge is 0.224 e. The SMILES string of the molecule is Cc1cc2ncc(C#N)c(Nc3ccc(OCCc4c(C)noc4C)c(Cl)c3)c2cc1NC(=O)CCCN(C)C. The molecule has 2 heterocycles. The largest absolute Gasteiger partial charge is 0.492 e. The number of aromatic nitrogens is 2. The Kier molecular flexibility index (Phi) is 9.25. The molecule has 2 aromatic carbocycles. The third kappa shape index (κ3) is 6.89. The lowest BCUT2D eigenvalue weighted by Crippen LogP contribution is -2.17. The number of hydrogen-bond acceptors (Lipinski definition) is 8. The monoisotopic (exact) mass is 560 g/mol. The topological polar surface area (TPSA) is 116 Å². The molecule has 0 radical (unpaired) electrons. The van der Waals surface area contributed by atoms with Crippen LogP contribution in [-0.4, -0.2) is 48.2 Å². The van der Waals surface area contributed by atoms with Gasteiger partial charge in [0.2, 0.25) is 5.91 Å². The number of aryl methyl sites for hydroxylation is 3. The van der Waals surface area contributed by atoms with Crippen LogP contribution >= 0.6 is 11.6 Å². The second kappa shape index (κ2) is 12.8. The number of rotatable bonds is 11. The van der Waals surface area contributed by atoms with E-state index in [0.717, 1.165) is 35.5 Å². The van der Waals surface area contributed by atoms with Crippen molar-refractivity contribution in [1.29, 1.82) is 5.26 Å². The third-order valence-electron chi connectivity index (χ3n) is 6.61. The molecule has 2 aromatic heterocycles.